The van der Waals surface area contributed by atoms with Gasteiger partial charge in [-0.1, -0.05) is 42.6 Å². The molecule has 0 aliphatic rings. The minimum absolute atomic E-state index is 0.0871. The van der Waals surface area contributed by atoms with E-state index in [-0.39, 0.29) is 29.1 Å². The van der Waals surface area contributed by atoms with Gasteiger partial charge < -0.3 is 0 Å². The zero-order chi connectivity index (χ0) is 22.0. The third-order valence-electron chi connectivity index (χ3n) is 3.16. The predicted molar refractivity (Wildman–Crippen MR) is 81.2 cm³/mol. The van der Waals surface area contributed by atoms with Crippen molar-refractivity contribution in [1.82, 2.24) is 9.55 Å². The van der Waals surface area contributed by atoms with Crippen LogP contribution in [-0.2, 0) is 5.92 Å². The summed E-state index contributed by atoms with van der Waals surface area (Å²) in [6.45, 7) is 0. The first kappa shape index (κ1) is 22.6. The van der Waals surface area contributed by atoms with Crippen LogP contribution in [-0.4, -0.2) is 15.7 Å². The maximum Gasteiger partial charge on any atom is 0.459 e. The van der Waals surface area contributed by atoms with Crippen LogP contribution in [0.5, 0.6) is 0 Å². The van der Waals surface area contributed by atoms with Crippen LogP contribution in [0.1, 0.15) is 5.69 Å². The third-order valence-corrected chi connectivity index (χ3v) is 4.87. The van der Waals surface area contributed by atoms with Crippen molar-refractivity contribution in [2.24, 2.45) is 0 Å². The molecule has 0 bridgehead atoms. The summed E-state index contributed by atoms with van der Waals surface area (Å²) in [5.74, 6) is -5.51. The first-order valence-electron chi connectivity index (χ1n) is 6.42. The quantitative estimate of drug-likeness (QED) is 0.446. The Balaban J connectivity index is 2.67. The van der Waals surface area contributed by atoms with Crippen LogP contribution in [0.25, 0.3) is 5.69 Å². The van der Waals surface area contributed by atoms with Crippen molar-refractivity contribution in [2.45, 2.75) is 17.0 Å². The molecule has 1 aromatic carbocycles. The average molecular weight is 485 g/mol. The molecular formula is C12H4Cl2F10N2OS. The Labute approximate surface area is 158 Å². The largest absolute Gasteiger partial charge is 0.459 e. The van der Waals surface area contributed by atoms with Crippen molar-refractivity contribution in [1.29, 1.82) is 0 Å². The predicted octanol–water partition coefficient (Wildman–Crippen LogP) is 6.85. The van der Waals surface area contributed by atoms with Gasteiger partial charge >= 0.3 is 22.3 Å². The second-order valence-corrected chi connectivity index (χ2v) is 8.48. The van der Waals surface area contributed by atoms with E-state index in [0.717, 1.165) is 0 Å². The van der Waals surface area contributed by atoms with Gasteiger partial charge in [0.2, 0.25) is 0 Å². The molecule has 0 N–H and O–H groups in total. The molecule has 0 saturated heterocycles. The van der Waals surface area contributed by atoms with Crippen molar-refractivity contribution in [2.75, 3.05) is 0 Å². The van der Waals surface area contributed by atoms with Gasteiger partial charge in [0.05, 0.1) is 15.7 Å². The van der Waals surface area contributed by atoms with E-state index >= 15 is 0 Å². The summed E-state index contributed by atoms with van der Waals surface area (Å²) in [7, 11) is -10.2. The highest BCUT2D eigenvalue weighted by Crippen LogP contribution is 3.02. The summed E-state index contributed by atoms with van der Waals surface area (Å²) in [6.07, 6.45) is -6.00. The van der Waals surface area contributed by atoms with E-state index in [4.69, 9.17) is 23.2 Å². The van der Waals surface area contributed by atoms with Gasteiger partial charge in [-0.2, -0.15) is 22.0 Å². The maximum absolute atomic E-state index is 13.2. The van der Waals surface area contributed by atoms with E-state index in [9.17, 15) is 46.2 Å². The maximum atomic E-state index is 13.2. The summed E-state index contributed by atoms with van der Waals surface area (Å²) in [6, 6.07) is -0.789. The summed E-state index contributed by atoms with van der Waals surface area (Å²) in [5, 5.41) is -2.31. The van der Waals surface area contributed by atoms with E-state index in [2.05, 4.69) is 4.98 Å². The van der Waals surface area contributed by atoms with E-state index < -0.39 is 54.2 Å². The molecule has 2 rings (SSSR count). The summed E-state index contributed by atoms with van der Waals surface area (Å²) >= 11 is 10.9. The fourth-order valence-corrected chi connectivity index (χ4v) is 3.36. The molecule has 16 heteroatoms. The van der Waals surface area contributed by atoms with Gasteiger partial charge in [-0.15, -0.1) is 0 Å². The minimum Gasteiger partial charge on any atom is -0.269 e. The second-order valence-electron chi connectivity index (χ2n) is 5.26. The molecule has 0 unspecified atom stereocenters. The topological polar surface area (TPSA) is 34.9 Å². The van der Waals surface area contributed by atoms with Crippen LogP contribution in [0, 0.1) is 0 Å². The van der Waals surface area contributed by atoms with Crippen molar-refractivity contribution in [3.8, 4) is 5.69 Å². The molecule has 0 saturated carbocycles. The normalized spacial score (nSPS) is 15.9. The third kappa shape index (κ3) is 4.17. The average Bonchev–Trinajstić information content (AvgIpc) is 2.44. The van der Waals surface area contributed by atoms with Crippen LogP contribution >= 0.6 is 33.4 Å². The number of halogens is 12. The van der Waals surface area contributed by atoms with Gasteiger partial charge in [0.15, 0.2) is 0 Å². The van der Waals surface area contributed by atoms with Crippen LogP contribution < -0.4 is 5.56 Å². The fourth-order valence-electron chi connectivity index (χ4n) is 1.88. The highest BCUT2D eigenvalue weighted by Gasteiger charge is 2.65. The van der Waals surface area contributed by atoms with Crippen LogP contribution in [0.4, 0.5) is 41.4 Å². The Morgan fingerprint density at radius 1 is 0.893 bits per heavy atom. The van der Waals surface area contributed by atoms with Crippen LogP contribution in [0.15, 0.2) is 34.2 Å². The van der Waals surface area contributed by atoms with Gasteiger partial charge in [-0.3, -0.25) is 9.36 Å². The lowest BCUT2D eigenvalue weighted by Crippen LogP contribution is -2.36. The van der Waals surface area contributed by atoms with Gasteiger partial charge in [0, 0.05) is 6.07 Å². The van der Waals surface area contributed by atoms with Gasteiger partial charge in [-0.25, -0.2) is 4.98 Å². The highest BCUT2D eigenvalue weighted by molar-refractivity contribution is 8.45. The van der Waals surface area contributed by atoms with Gasteiger partial charge in [-0.05, 0) is 12.1 Å². The summed E-state index contributed by atoms with van der Waals surface area (Å²) in [4.78, 5) is 12.1. The van der Waals surface area contributed by atoms with E-state index in [1.807, 2.05) is 0 Å². The van der Waals surface area contributed by atoms with Crippen molar-refractivity contribution < 1.29 is 41.4 Å². The molecule has 158 valence electrons. The molecular weight excluding hydrogens is 481 g/mol. The molecule has 0 aliphatic heterocycles. The molecule has 0 radical (unpaired) electrons. The lowest BCUT2D eigenvalue weighted by Gasteiger charge is -2.40. The highest BCUT2D eigenvalue weighted by atomic mass is 35.5. The Hall–Kier alpha value is -1.67. The number of alkyl halides is 5. The zero-order valence-corrected chi connectivity index (χ0v) is 14.9. The molecule has 0 fully saturated rings. The second kappa shape index (κ2) is 5.69. The number of nitrogens with zero attached hydrogens (tertiary/aromatic N) is 2. The molecule has 3 nitrogen and oxygen atoms in total. The standard InChI is InChI=1S/C12H4Cl2F10N2OS/c13-6-1-5(28(20,21,22,23)24)2-7(14)10(6)26-4-25-8(3-9(26)27)11(15,16)12(17,18)19/h1-4H. The number of aromatic nitrogens is 2. The Bertz CT molecular complexity index is 994. The van der Waals surface area contributed by atoms with E-state index in [1.54, 1.807) is 0 Å². The lowest BCUT2D eigenvalue weighted by molar-refractivity contribution is -0.291. The molecule has 0 atom stereocenters. The van der Waals surface area contributed by atoms with Crippen LogP contribution in [0.3, 0.4) is 0 Å². The Morgan fingerprint density at radius 3 is 1.71 bits per heavy atom. The van der Waals surface area contributed by atoms with Gasteiger partial charge in [0.25, 0.3) is 5.56 Å². The Morgan fingerprint density at radius 2 is 1.36 bits per heavy atom. The number of hydrogen-bond acceptors (Lipinski definition) is 2. The minimum atomic E-state index is -10.2. The van der Waals surface area contributed by atoms with E-state index in [0.29, 0.717) is 0 Å². The molecule has 2 aromatic rings. The molecule has 1 aromatic heterocycles. The van der Waals surface area contributed by atoms with Crippen LogP contribution in [0.2, 0.25) is 10.0 Å². The van der Waals surface area contributed by atoms with Crippen molar-refractivity contribution in [3.05, 3.63) is 50.6 Å². The van der Waals surface area contributed by atoms with Crippen molar-refractivity contribution >= 4 is 33.4 Å². The molecule has 1 heterocycles. The molecule has 0 amide bonds. The first-order chi connectivity index (χ1) is 12.1. The fraction of sp³-hybridized carbons (Fsp3) is 0.167. The number of benzene rings is 1. The van der Waals surface area contributed by atoms with Crippen molar-refractivity contribution in [3.63, 3.8) is 0 Å². The number of rotatable bonds is 3. The van der Waals surface area contributed by atoms with E-state index in [1.165, 1.54) is 0 Å². The molecule has 0 spiro atoms. The smallest absolute Gasteiger partial charge is 0.269 e. The monoisotopic (exact) mass is 484 g/mol. The molecule has 0 aliphatic carbocycles. The first-order valence-corrected chi connectivity index (χ1v) is 9.13. The lowest BCUT2D eigenvalue weighted by atomic mass is 10.2. The summed E-state index contributed by atoms with van der Waals surface area (Å²) in [5.41, 5.74) is -4.52. The Kier molecular flexibility index (Phi) is 4.60. The SMILES string of the molecule is O=c1cc(C(F)(F)C(F)(F)F)ncn1-c1c(Cl)cc(S(F)(F)(F)(F)F)cc1Cl. The van der Waals surface area contributed by atoms with Gasteiger partial charge in [0.1, 0.15) is 16.9 Å². The molecule has 28 heavy (non-hydrogen) atoms. The number of hydrogen-bond donors (Lipinski definition) is 0. The summed E-state index contributed by atoms with van der Waals surface area (Å²) < 4.78 is 128. The zero-order valence-electron chi connectivity index (χ0n) is 12.6.